The molecule has 0 saturated heterocycles. The van der Waals surface area contributed by atoms with Crippen LogP contribution in [0.2, 0.25) is 0 Å². The smallest absolute Gasteiger partial charge is 0.238 e. The van der Waals surface area contributed by atoms with Crippen LogP contribution in [0.15, 0.2) is 83.0 Å². The summed E-state index contributed by atoms with van der Waals surface area (Å²) in [5.41, 5.74) is 8.31. The summed E-state index contributed by atoms with van der Waals surface area (Å²) in [7, 11) is -8.69. The summed E-state index contributed by atoms with van der Waals surface area (Å²) >= 11 is 0. The van der Waals surface area contributed by atoms with Crippen molar-refractivity contribution in [3.05, 3.63) is 73.2 Å². The maximum absolute atomic E-state index is 12.9. The second-order valence-corrected chi connectivity index (χ2v) is 13.0. The molecule has 0 fully saturated rings. The fourth-order valence-corrected chi connectivity index (χ4v) is 6.52. The number of nitrogens with zero attached hydrogens (tertiary/aromatic N) is 9. The molecule has 7 aromatic rings. The maximum Gasteiger partial charge on any atom is 0.238 e. The van der Waals surface area contributed by atoms with Crippen molar-refractivity contribution in [2.45, 2.75) is 9.79 Å². The highest BCUT2D eigenvalue weighted by atomic mass is 32.2. The molecule has 0 amide bonds. The van der Waals surface area contributed by atoms with Gasteiger partial charge in [-0.15, -0.1) is 20.1 Å². The van der Waals surface area contributed by atoms with Crippen LogP contribution in [-0.2, 0) is 20.0 Å². The molecular formula is C26H20N14O4S2. The van der Waals surface area contributed by atoms with Gasteiger partial charge in [0.1, 0.15) is 11.5 Å². The molecule has 0 saturated carbocycles. The Hall–Kier alpha value is -5.96. The molecule has 46 heavy (non-hydrogen) atoms. The van der Waals surface area contributed by atoms with Crippen molar-refractivity contribution in [1.29, 1.82) is 0 Å². The van der Waals surface area contributed by atoms with Crippen LogP contribution in [0.4, 0.5) is 5.82 Å². The van der Waals surface area contributed by atoms with Gasteiger partial charge >= 0.3 is 0 Å². The lowest BCUT2D eigenvalue weighted by Crippen LogP contribution is -2.16. The normalized spacial score (nSPS) is 12.1. The van der Waals surface area contributed by atoms with Gasteiger partial charge in [-0.2, -0.15) is 0 Å². The molecule has 7 rings (SSSR count). The first kappa shape index (κ1) is 28.8. The molecule has 0 spiro atoms. The second-order valence-electron chi connectivity index (χ2n) is 9.90. The van der Waals surface area contributed by atoms with E-state index in [9.17, 15) is 16.8 Å². The minimum atomic E-state index is -4.41. The van der Waals surface area contributed by atoms with Crippen LogP contribution < -0.4 is 16.0 Å². The average molecular weight is 657 g/mol. The van der Waals surface area contributed by atoms with Crippen molar-refractivity contribution in [1.82, 2.24) is 55.8 Å². The molecule has 230 valence electrons. The van der Waals surface area contributed by atoms with E-state index in [1.165, 1.54) is 30.5 Å². The molecule has 0 bridgehead atoms. The van der Waals surface area contributed by atoms with E-state index in [1.54, 1.807) is 30.6 Å². The summed E-state index contributed by atoms with van der Waals surface area (Å²) in [5, 5.41) is 38.4. The molecule has 20 heteroatoms. The maximum atomic E-state index is 12.9. The van der Waals surface area contributed by atoms with Gasteiger partial charge in [-0.1, -0.05) is 12.1 Å². The molecule has 5 aromatic heterocycles. The quantitative estimate of drug-likeness (QED) is 0.160. The van der Waals surface area contributed by atoms with Crippen molar-refractivity contribution in [2.75, 3.05) is 5.73 Å². The van der Waals surface area contributed by atoms with Crippen LogP contribution in [0.1, 0.15) is 0 Å². The number of hydrogen-bond acceptors (Lipinski definition) is 13. The first-order chi connectivity index (χ1) is 22.0. The molecule has 0 unspecified atom stereocenters. The largest absolute Gasteiger partial charge is 0.384 e. The van der Waals surface area contributed by atoms with E-state index in [0.29, 0.717) is 22.3 Å². The Bertz CT molecular complexity index is 2490. The molecule has 0 aliphatic rings. The first-order valence-corrected chi connectivity index (χ1v) is 16.1. The van der Waals surface area contributed by atoms with Gasteiger partial charge in [0, 0.05) is 40.7 Å². The zero-order valence-electron chi connectivity index (χ0n) is 23.1. The molecule has 0 aliphatic carbocycles. The Morgan fingerprint density at radius 3 is 2.30 bits per heavy atom. The van der Waals surface area contributed by atoms with Crippen molar-refractivity contribution >= 4 is 36.9 Å². The zero-order valence-corrected chi connectivity index (χ0v) is 24.8. The van der Waals surface area contributed by atoms with E-state index < -0.39 is 20.0 Å². The Morgan fingerprint density at radius 2 is 1.59 bits per heavy atom. The predicted molar refractivity (Wildman–Crippen MR) is 163 cm³/mol. The molecule has 5 heterocycles. The number of tetrazole rings is 2. The highest BCUT2D eigenvalue weighted by molar-refractivity contribution is 7.89. The summed E-state index contributed by atoms with van der Waals surface area (Å²) in [6, 6.07) is 14.1. The molecule has 0 atom stereocenters. The third-order valence-corrected chi connectivity index (χ3v) is 8.87. The Balaban J connectivity index is 1.46. The van der Waals surface area contributed by atoms with Gasteiger partial charge in [0.25, 0.3) is 0 Å². The minimum absolute atomic E-state index is 0.00867. The number of nitrogens with one attached hydrogen (secondary N) is 2. The van der Waals surface area contributed by atoms with Crippen LogP contribution in [0, 0.1) is 0 Å². The number of nitrogen functional groups attached to an aromatic ring is 1. The standard InChI is InChI=1S/C26H20N14O4S2/c27-21-5-4-14(11-31-21)18-9-16(10-20(46(29,43)44)23(18)25-33-37-38-34-25)40-36-26(35-39-40)22-17(2-1-3-19(22)45(28,41)42)15-8-13-6-7-30-24(13)32-12-15/h1-12H,(H2,27,31)(H,30,32)(H2,28,41,42)(H2,29,43,44)(H,33,34,37,38). The van der Waals surface area contributed by atoms with Crippen LogP contribution in [-0.4, -0.2) is 72.6 Å². The number of hydrogen-bond donors (Lipinski definition) is 5. The number of rotatable bonds is 7. The van der Waals surface area contributed by atoms with Crippen LogP contribution in [0.5, 0.6) is 0 Å². The summed E-state index contributed by atoms with van der Waals surface area (Å²) in [6.07, 6.45) is 4.72. The van der Waals surface area contributed by atoms with Gasteiger partial charge in [-0.25, -0.2) is 42.2 Å². The number of fused-ring (bicyclic) bond motifs is 1. The van der Waals surface area contributed by atoms with E-state index in [-0.39, 0.29) is 49.6 Å². The number of H-pyrrole nitrogens is 2. The molecule has 2 aromatic carbocycles. The topological polar surface area (TPSA) is 286 Å². The number of anilines is 1. The van der Waals surface area contributed by atoms with Gasteiger partial charge in [0.05, 0.1) is 21.0 Å². The summed E-state index contributed by atoms with van der Waals surface area (Å²) < 4.78 is 51.4. The first-order valence-electron chi connectivity index (χ1n) is 13.0. The van der Waals surface area contributed by atoms with E-state index in [0.717, 1.165) is 10.2 Å². The highest BCUT2D eigenvalue weighted by Gasteiger charge is 2.27. The predicted octanol–water partition coefficient (Wildman–Crippen LogP) is 0.992. The van der Waals surface area contributed by atoms with E-state index >= 15 is 0 Å². The average Bonchev–Trinajstić information content (AvgIpc) is 3.82. The zero-order chi connectivity index (χ0) is 32.2. The van der Waals surface area contributed by atoms with Crippen LogP contribution in [0.3, 0.4) is 0 Å². The van der Waals surface area contributed by atoms with Crippen molar-refractivity contribution in [3.63, 3.8) is 0 Å². The van der Waals surface area contributed by atoms with Crippen molar-refractivity contribution in [3.8, 4) is 50.7 Å². The van der Waals surface area contributed by atoms with Crippen LogP contribution in [0.25, 0.3) is 61.8 Å². The molecule has 18 nitrogen and oxygen atoms in total. The number of pyridine rings is 2. The van der Waals surface area contributed by atoms with Gasteiger partial charge in [-0.05, 0) is 69.2 Å². The number of aromatic nitrogens is 11. The lowest BCUT2D eigenvalue weighted by atomic mass is 9.99. The van der Waals surface area contributed by atoms with E-state index in [2.05, 4.69) is 51.0 Å². The number of primary sulfonamides is 2. The number of benzene rings is 2. The molecule has 0 radical (unpaired) electrons. The lowest BCUT2D eigenvalue weighted by molar-refractivity contribution is 0.596. The van der Waals surface area contributed by atoms with Gasteiger partial charge < -0.3 is 10.7 Å². The summed E-state index contributed by atoms with van der Waals surface area (Å²) in [6.45, 7) is 0. The molecule has 8 N–H and O–H groups in total. The Kier molecular flexibility index (Phi) is 6.63. The number of nitrogens with two attached hydrogens (primary N) is 3. The Morgan fingerprint density at radius 1 is 0.783 bits per heavy atom. The van der Waals surface area contributed by atoms with Gasteiger partial charge in [-0.3, -0.25) is 0 Å². The number of aromatic amines is 2. The van der Waals surface area contributed by atoms with Gasteiger partial charge in [0.15, 0.2) is 5.82 Å². The summed E-state index contributed by atoms with van der Waals surface area (Å²) in [5.74, 6) is 0.117. The van der Waals surface area contributed by atoms with Crippen molar-refractivity contribution < 1.29 is 16.8 Å². The monoisotopic (exact) mass is 656 g/mol. The Labute approximate surface area is 258 Å². The van der Waals surface area contributed by atoms with E-state index in [1.807, 2.05) is 12.1 Å². The SMILES string of the molecule is Nc1ccc(-c2cc(-n3nnc(-c4c(-c5cnc6[nH]ccc6c5)cccc4S(N)(=O)=O)n3)cc(S(N)(=O)=O)c2-c2nnn[nH]2)cn1. The lowest BCUT2D eigenvalue weighted by Gasteiger charge is -2.14. The third kappa shape index (κ3) is 5.11. The fourth-order valence-electron chi connectivity index (χ4n) is 4.99. The summed E-state index contributed by atoms with van der Waals surface area (Å²) in [4.78, 5) is 11.9. The molecule has 0 aliphatic heterocycles. The van der Waals surface area contributed by atoms with Crippen LogP contribution >= 0.6 is 0 Å². The second kappa shape index (κ2) is 10.6. The number of sulfonamides is 2. The highest BCUT2D eigenvalue weighted by Crippen LogP contribution is 2.38. The van der Waals surface area contributed by atoms with Crippen molar-refractivity contribution in [2.24, 2.45) is 10.3 Å². The molecular weight excluding hydrogens is 637 g/mol. The minimum Gasteiger partial charge on any atom is -0.384 e. The third-order valence-electron chi connectivity index (χ3n) is 6.99. The van der Waals surface area contributed by atoms with Gasteiger partial charge in [0.2, 0.25) is 25.9 Å². The fraction of sp³-hybridized carbons (Fsp3) is 0. The van der Waals surface area contributed by atoms with E-state index in [4.69, 9.17) is 16.0 Å².